The maximum absolute atomic E-state index is 12.5. The van der Waals surface area contributed by atoms with Crippen LogP contribution in [0.2, 0.25) is 5.15 Å². The van der Waals surface area contributed by atoms with Crippen molar-refractivity contribution in [3.63, 3.8) is 0 Å². The molecule has 2 aromatic heterocycles. The summed E-state index contributed by atoms with van der Waals surface area (Å²) in [5.41, 5.74) is 3.33. The molecule has 2 N–H and O–H groups in total. The number of halogens is 4. The number of pyridine rings is 1. The number of rotatable bonds is 3. The molecule has 0 aliphatic heterocycles. The van der Waals surface area contributed by atoms with Gasteiger partial charge in [0.2, 0.25) is 0 Å². The SMILES string of the molecule is Cc1cn(Nc2ccc(C(F)(F)F)c(Cl)n2)cc1CO. The van der Waals surface area contributed by atoms with E-state index in [1.54, 1.807) is 19.3 Å². The van der Waals surface area contributed by atoms with E-state index >= 15 is 0 Å². The molecule has 108 valence electrons. The van der Waals surface area contributed by atoms with E-state index in [1.807, 2.05) is 0 Å². The average Bonchev–Trinajstić information content (AvgIpc) is 2.67. The van der Waals surface area contributed by atoms with Crippen LogP contribution in [0.5, 0.6) is 0 Å². The molecule has 0 atom stereocenters. The number of hydrogen-bond donors (Lipinski definition) is 2. The van der Waals surface area contributed by atoms with Gasteiger partial charge in [-0.15, -0.1) is 0 Å². The van der Waals surface area contributed by atoms with Crippen LogP contribution in [0.4, 0.5) is 19.0 Å². The highest BCUT2D eigenvalue weighted by Crippen LogP contribution is 2.34. The lowest BCUT2D eigenvalue weighted by Gasteiger charge is -2.11. The van der Waals surface area contributed by atoms with Crippen molar-refractivity contribution in [1.82, 2.24) is 9.66 Å². The number of anilines is 1. The second-order valence-electron chi connectivity index (χ2n) is 4.18. The molecular formula is C12H11ClF3N3O. The van der Waals surface area contributed by atoms with Gasteiger partial charge in [-0.05, 0) is 24.6 Å². The molecule has 0 aliphatic rings. The molecule has 0 saturated heterocycles. The summed E-state index contributed by atoms with van der Waals surface area (Å²) in [4.78, 5) is 3.65. The van der Waals surface area contributed by atoms with Gasteiger partial charge < -0.3 is 5.11 Å². The minimum Gasteiger partial charge on any atom is -0.392 e. The Hall–Kier alpha value is -1.73. The molecule has 0 fully saturated rings. The first-order valence-electron chi connectivity index (χ1n) is 5.60. The second kappa shape index (κ2) is 5.34. The highest BCUT2D eigenvalue weighted by Gasteiger charge is 2.33. The Balaban J connectivity index is 2.24. The van der Waals surface area contributed by atoms with Gasteiger partial charge in [0.25, 0.3) is 0 Å². The predicted octanol–water partition coefficient (Wildman–Crippen LogP) is 3.23. The first-order valence-corrected chi connectivity index (χ1v) is 5.98. The van der Waals surface area contributed by atoms with Crippen LogP contribution in [0.1, 0.15) is 16.7 Å². The standard InChI is InChI=1S/C12H11ClF3N3O/c1-7-4-19(5-8(7)6-20)18-10-3-2-9(11(13)17-10)12(14,15)16/h2-5,20H,6H2,1H3,(H,17,18). The van der Waals surface area contributed by atoms with Crippen LogP contribution in [0.3, 0.4) is 0 Å². The quantitative estimate of drug-likeness (QED) is 0.856. The van der Waals surface area contributed by atoms with Crippen LogP contribution in [-0.2, 0) is 12.8 Å². The molecule has 2 rings (SSSR count). The summed E-state index contributed by atoms with van der Waals surface area (Å²) >= 11 is 5.52. The van der Waals surface area contributed by atoms with Gasteiger partial charge in [0.1, 0.15) is 11.0 Å². The van der Waals surface area contributed by atoms with Crippen molar-refractivity contribution in [1.29, 1.82) is 0 Å². The largest absolute Gasteiger partial charge is 0.419 e. The number of nitrogens with one attached hydrogen (secondary N) is 1. The highest BCUT2D eigenvalue weighted by molar-refractivity contribution is 6.30. The zero-order chi connectivity index (χ0) is 14.9. The lowest BCUT2D eigenvalue weighted by atomic mass is 10.2. The summed E-state index contributed by atoms with van der Waals surface area (Å²) in [7, 11) is 0. The number of alkyl halides is 3. The molecule has 0 amide bonds. The van der Waals surface area contributed by atoms with Gasteiger partial charge in [-0.3, -0.25) is 10.1 Å². The Labute approximate surface area is 117 Å². The number of hydrogen-bond acceptors (Lipinski definition) is 3. The third-order valence-corrected chi connectivity index (χ3v) is 2.99. The first kappa shape index (κ1) is 14.7. The number of nitrogens with zero attached hydrogens (tertiary/aromatic N) is 2. The summed E-state index contributed by atoms with van der Waals surface area (Å²) < 4.78 is 39.1. The number of aryl methyl sites for hydroxylation is 1. The number of aliphatic hydroxyl groups excluding tert-OH is 1. The van der Waals surface area contributed by atoms with E-state index in [1.165, 1.54) is 10.7 Å². The molecule has 0 saturated carbocycles. The molecule has 0 aliphatic carbocycles. The molecule has 8 heteroatoms. The molecular weight excluding hydrogens is 295 g/mol. The fourth-order valence-corrected chi connectivity index (χ4v) is 1.93. The maximum Gasteiger partial charge on any atom is 0.419 e. The Morgan fingerprint density at radius 1 is 1.35 bits per heavy atom. The van der Waals surface area contributed by atoms with Crippen molar-refractivity contribution in [2.45, 2.75) is 19.7 Å². The summed E-state index contributed by atoms with van der Waals surface area (Å²) in [6.07, 6.45) is -1.24. The van der Waals surface area contributed by atoms with Crippen LogP contribution < -0.4 is 5.43 Å². The van der Waals surface area contributed by atoms with E-state index in [4.69, 9.17) is 16.7 Å². The normalized spacial score (nSPS) is 11.7. The van der Waals surface area contributed by atoms with Crippen molar-refractivity contribution >= 4 is 17.4 Å². The topological polar surface area (TPSA) is 50.1 Å². The summed E-state index contributed by atoms with van der Waals surface area (Å²) in [5.74, 6) is 0.169. The highest BCUT2D eigenvalue weighted by atomic mass is 35.5. The van der Waals surface area contributed by atoms with Crippen molar-refractivity contribution in [3.8, 4) is 0 Å². The van der Waals surface area contributed by atoms with Gasteiger partial charge in [0, 0.05) is 18.0 Å². The Morgan fingerprint density at radius 3 is 2.55 bits per heavy atom. The molecule has 0 radical (unpaired) electrons. The van der Waals surface area contributed by atoms with E-state index in [9.17, 15) is 13.2 Å². The second-order valence-corrected chi connectivity index (χ2v) is 4.53. The van der Waals surface area contributed by atoms with Crippen molar-refractivity contribution in [2.24, 2.45) is 0 Å². The van der Waals surface area contributed by atoms with Gasteiger partial charge >= 0.3 is 6.18 Å². The van der Waals surface area contributed by atoms with E-state index in [0.717, 1.165) is 11.6 Å². The van der Waals surface area contributed by atoms with Crippen LogP contribution in [0, 0.1) is 6.92 Å². The van der Waals surface area contributed by atoms with E-state index < -0.39 is 16.9 Å². The van der Waals surface area contributed by atoms with Gasteiger partial charge in [-0.2, -0.15) is 13.2 Å². The summed E-state index contributed by atoms with van der Waals surface area (Å²) in [5, 5.41) is 8.45. The fourth-order valence-electron chi connectivity index (χ4n) is 1.67. The minimum atomic E-state index is -4.53. The molecule has 0 spiro atoms. The van der Waals surface area contributed by atoms with Crippen LogP contribution in [-0.4, -0.2) is 14.8 Å². The van der Waals surface area contributed by atoms with Crippen LogP contribution in [0.25, 0.3) is 0 Å². The maximum atomic E-state index is 12.5. The summed E-state index contributed by atoms with van der Waals surface area (Å²) in [6, 6.07) is 2.05. The third-order valence-electron chi connectivity index (χ3n) is 2.70. The van der Waals surface area contributed by atoms with E-state index in [2.05, 4.69) is 10.4 Å². The Morgan fingerprint density at radius 2 is 2.05 bits per heavy atom. The zero-order valence-electron chi connectivity index (χ0n) is 10.4. The number of aliphatic hydroxyl groups is 1. The van der Waals surface area contributed by atoms with Gasteiger partial charge in [0.15, 0.2) is 0 Å². The first-order chi connectivity index (χ1) is 9.31. The smallest absolute Gasteiger partial charge is 0.392 e. The minimum absolute atomic E-state index is 0.123. The molecule has 20 heavy (non-hydrogen) atoms. The van der Waals surface area contributed by atoms with E-state index in [0.29, 0.717) is 5.56 Å². The van der Waals surface area contributed by atoms with Gasteiger partial charge in [-0.25, -0.2) is 4.98 Å². The van der Waals surface area contributed by atoms with Crippen molar-refractivity contribution in [3.05, 3.63) is 46.4 Å². The summed E-state index contributed by atoms with van der Waals surface area (Å²) in [6.45, 7) is 1.68. The number of aromatic nitrogens is 2. The molecule has 0 unspecified atom stereocenters. The van der Waals surface area contributed by atoms with Crippen LogP contribution >= 0.6 is 11.6 Å². The molecule has 2 heterocycles. The van der Waals surface area contributed by atoms with Gasteiger partial charge in [-0.1, -0.05) is 11.6 Å². The monoisotopic (exact) mass is 305 g/mol. The average molecular weight is 306 g/mol. The molecule has 4 nitrogen and oxygen atoms in total. The Bertz CT molecular complexity index is 625. The molecule has 0 bridgehead atoms. The van der Waals surface area contributed by atoms with Gasteiger partial charge in [0.05, 0.1) is 12.2 Å². The Kier molecular flexibility index (Phi) is 3.92. The fraction of sp³-hybridized carbons (Fsp3) is 0.250. The third kappa shape index (κ3) is 3.05. The predicted molar refractivity (Wildman–Crippen MR) is 68.4 cm³/mol. The lowest BCUT2D eigenvalue weighted by Crippen LogP contribution is -2.11. The van der Waals surface area contributed by atoms with Crippen molar-refractivity contribution < 1.29 is 18.3 Å². The lowest BCUT2D eigenvalue weighted by molar-refractivity contribution is -0.137. The van der Waals surface area contributed by atoms with E-state index in [-0.39, 0.29) is 12.4 Å². The molecule has 2 aromatic rings. The van der Waals surface area contributed by atoms with Crippen LogP contribution in [0.15, 0.2) is 24.5 Å². The zero-order valence-corrected chi connectivity index (χ0v) is 11.1. The van der Waals surface area contributed by atoms with Crippen molar-refractivity contribution in [2.75, 3.05) is 5.43 Å². The molecule has 0 aromatic carbocycles.